The first-order valence-corrected chi connectivity index (χ1v) is 5.05. The molecular formula is C7H7N3O2S. The van der Waals surface area contributed by atoms with Crippen LogP contribution in [0.1, 0.15) is 5.69 Å². The summed E-state index contributed by atoms with van der Waals surface area (Å²) in [4.78, 5) is 4.15. The predicted molar refractivity (Wildman–Crippen MR) is 48.3 cm³/mol. The molecule has 5 nitrogen and oxygen atoms in total. The smallest absolute Gasteiger partial charge is 0.285 e. The Balaban J connectivity index is 2.74. The highest BCUT2D eigenvalue weighted by Crippen LogP contribution is 2.24. The quantitative estimate of drug-likeness (QED) is 0.658. The van der Waals surface area contributed by atoms with Crippen LogP contribution in [0.3, 0.4) is 0 Å². The van der Waals surface area contributed by atoms with E-state index in [9.17, 15) is 8.42 Å². The van der Waals surface area contributed by atoms with Crippen molar-refractivity contribution in [2.24, 2.45) is 4.40 Å². The second kappa shape index (κ2) is 2.53. The van der Waals surface area contributed by atoms with Crippen LogP contribution in [0.15, 0.2) is 21.6 Å². The zero-order chi connectivity index (χ0) is 9.47. The van der Waals surface area contributed by atoms with Gasteiger partial charge in [-0.05, 0) is 13.0 Å². The van der Waals surface area contributed by atoms with Gasteiger partial charge in [0.05, 0.1) is 11.9 Å². The summed E-state index contributed by atoms with van der Waals surface area (Å²) in [5, 5.41) is 2.71. The van der Waals surface area contributed by atoms with Gasteiger partial charge in [-0.25, -0.2) is 0 Å². The highest BCUT2D eigenvalue weighted by atomic mass is 32.2. The van der Waals surface area contributed by atoms with E-state index in [0.29, 0.717) is 11.4 Å². The van der Waals surface area contributed by atoms with E-state index in [2.05, 4.69) is 14.7 Å². The molecule has 0 aromatic carbocycles. The lowest BCUT2D eigenvalue weighted by molar-refractivity contribution is 0.597. The molecule has 2 heterocycles. The Kier molecular flexibility index (Phi) is 1.59. The largest absolute Gasteiger partial charge is 0.343 e. The summed E-state index contributed by atoms with van der Waals surface area (Å²) in [5.41, 5.74) is 1.13. The van der Waals surface area contributed by atoms with Gasteiger partial charge < -0.3 is 5.32 Å². The van der Waals surface area contributed by atoms with Crippen LogP contribution in [-0.4, -0.2) is 19.7 Å². The molecule has 0 radical (unpaired) electrons. The number of hydrogen-bond acceptors (Lipinski definition) is 4. The number of rotatable bonds is 0. The van der Waals surface area contributed by atoms with Crippen molar-refractivity contribution in [3.63, 3.8) is 0 Å². The van der Waals surface area contributed by atoms with Crippen LogP contribution >= 0.6 is 0 Å². The molecule has 1 aliphatic rings. The number of nitrogens with zero attached hydrogens (tertiary/aromatic N) is 2. The zero-order valence-electron chi connectivity index (χ0n) is 6.85. The van der Waals surface area contributed by atoms with Gasteiger partial charge in [-0.2, -0.15) is 8.42 Å². The second-order valence-corrected chi connectivity index (χ2v) is 4.28. The van der Waals surface area contributed by atoms with E-state index >= 15 is 0 Å². The number of nitrogens with one attached hydrogen (secondary N) is 1. The zero-order valence-corrected chi connectivity index (χ0v) is 7.67. The molecule has 0 saturated heterocycles. The molecule has 0 fully saturated rings. The van der Waals surface area contributed by atoms with Crippen molar-refractivity contribution in [3.05, 3.63) is 18.0 Å². The highest BCUT2D eigenvalue weighted by Gasteiger charge is 2.20. The van der Waals surface area contributed by atoms with E-state index < -0.39 is 10.0 Å². The molecule has 2 rings (SSSR count). The van der Waals surface area contributed by atoms with E-state index in [1.807, 2.05) is 0 Å². The molecule has 68 valence electrons. The van der Waals surface area contributed by atoms with Crippen LogP contribution in [-0.2, 0) is 10.0 Å². The number of pyridine rings is 1. The van der Waals surface area contributed by atoms with Crippen molar-refractivity contribution < 1.29 is 8.42 Å². The molecule has 0 saturated carbocycles. The Labute approximate surface area is 75.6 Å². The van der Waals surface area contributed by atoms with Crippen LogP contribution in [0.4, 0.5) is 5.69 Å². The summed E-state index contributed by atoms with van der Waals surface area (Å²) in [6.45, 7) is 1.73. The van der Waals surface area contributed by atoms with E-state index in [-0.39, 0.29) is 4.90 Å². The average molecular weight is 197 g/mol. The summed E-state index contributed by atoms with van der Waals surface area (Å²) < 4.78 is 26.1. The van der Waals surface area contributed by atoms with Crippen molar-refractivity contribution in [1.82, 2.24) is 4.98 Å². The molecule has 6 heteroatoms. The highest BCUT2D eigenvalue weighted by molar-refractivity contribution is 7.90. The standard InChI is InChI=1S/C7H7N3O2S/c1-5-2-7-6(3-8-5)9-4-10-13(7,11)12/h2-4H,1H3,(H,9,10). The Morgan fingerprint density at radius 2 is 2.23 bits per heavy atom. The molecule has 1 aliphatic heterocycles. The van der Waals surface area contributed by atoms with E-state index in [4.69, 9.17) is 0 Å². The fourth-order valence-electron chi connectivity index (χ4n) is 1.08. The van der Waals surface area contributed by atoms with E-state index in [1.165, 1.54) is 12.3 Å². The van der Waals surface area contributed by atoms with Gasteiger partial charge in [-0.3, -0.25) is 4.98 Å². The minimum absolute atomic E-state index is 0.183. The molecule has 0 aliphatic carbocycles. The molecule has 0 unspecified atom stereocenters. The van der Waals surface area contributed by atoms with Crippen molar-refractivity contribution in [2.45, 2.75) is 11.8 Å². The van der Waals surface area contributed by atoms with Crippen molar-refractivity contribution in [1.29, 1.82) is 0 Å². The van der Waals surface area contributed by atoms with Gasteiger partial charge in [-0.15, -0.1) is 4.40 Å². The first kappa shape index (κ1) is 8.18. The van der Waals surface area contributed by atoms with Gasteiger partial charge in [0.15, 0.2) is 0 Å². The number of fused-ring (bicyclic) bond motifs is 1. The van der Waals surface area contributed by atoms with E-state index in [0.717, 1.165) is 6.34 Å². The maximum atomic E-state index is 11.4. The Bertz CT molecular complexity index is 479. The molecule has 1 N–H and O–H groups in total. The molecular weight excluding hydrogens is 190 g/mol. The topological polar surface area (TPSA) is 71.4 Å². The van der Waals surface area contributed by atoms with Crippen LogP contribution in [0.2, 0.25) is 0 Å². The number of aromatic nitrogens is 1. The van der Waals surface area contributed by atoms with Crippen molar-refractivity contribution >= 4 is 22.0 Å². The third-order valence-corrected chi connectivity index (χ3v) is 2.97. The van der Waals surface area contributed by atoms with Gasteiger partial charge in [0.1, 0.15) is 11.2 Å². The summed E-state index contributed by atoms with van der Waals surface area (Å²) >= 11 is 0. The number of anilines is 1. The lowest BCUT2D eigenvalue weighted by Gasteiger charge is -2.11. The number of aryl methyl sites for hydroxylation is 1. The minimum atomic E-state index is -3.50. The van der Waals surface area contributed by atoms with Gasteiger partial charge in [0, 0.05) is 5.69 Å². The average Bonchev–Trinajstić information content (AvgIpc) is 2.06. The summed E-state index contributed by atoms with van der Waals surface area (Å²) in [6.07, 6.45) is 2.63. The van der Waals surface area contributed by atoms with Crippen LogP contribution in [0, 0.1) is 6.92 Å². The normalized spacial score (nSPS) is 17.6. The fourth-order valence-corrected chi connectivity index (χ4v) is 2.09. The summed E-state index contributed by atoms with van der Waals surface area (Å²) in [7, 11) is -3.50. The van der Waals surface area contributed by atoms with Crippen molar-refractivity contribution in [2.75, 3.05) is 5.32 Å². The lowest BCUT2D eigenvalue weighted by Crippen LogP contribution is -2.12. The maximum absolute atomic E-state index is 11.4. The van der Waals surface area contributed by atoms with Gasteiger partial charge >= 0.3 is 0 Å². The Morgan fingerprint density at radius 3 is 3.00 bits per heavy atom. The van der Waals surface area contributed by atoms with Gasteiger partial charge in [0.25, 0.3) is 10.0 Å². The van der Waals surface area contributed by atoms with E-state index in [1.54, 1.807) is 6.92 Å². The molecule has 0 atom stereocenters. The monoisotopic (exact) mass is 197 g/mol. The number of sulfonamides is 1. The molecule has 0 bridgehead atoms. The summed E-state index contributed by atoms with van der Waals surface area (Å²) in [5.74, 6) is 0. The minimum Gasteiger partial charge on any atom is -0.343 e. The molecule has 1 aromatic heterocycles. The lowest BCUT2D eigenvalue weighted by atomic mass is 10.3. The summed E-state index contributed by atoms with van der Waals surface area (Å²) in [6, 6.07) is 1.49. The molecule has 13 heavy (non-hydrogen) atoms. The fraction of sp³-hybridized carbons (Fsp3) is 0.143. The Hall–Kier alpha value is -1.43. The van der Waals surface area contributed by atoms with Gasteiger partial charge in [-0.1, -0.05) is 0 Å². The predicted octanol–water partition coefficient (Wildman–Crippen LogP) is 0.533. The second-order valence-electron chi connectivity index (χ2n) is 2.68. The first-order chi connectivity index (χ1) is 6.09. The van der Waals surface area contributed by atoms with Crippen LogP contribution in [0.5, 0.6) is 0 Å². The third-order valence-electron chi connectivity index (χ3n) is 1.69. The molecule has 0 spiro atoms. The number of hydrogen-bond donors (Lipinski definition) is 1. The SMILES string of the molecule is Cc1cc2c(cn1)NC=NS2(=O)=O. The van der Waals surface area contributed by atoms with Crippen LogP contribution < -0.4 is 5.32 Å². The van der Waals surface area contributed by atoms with Gasteiger partial charge in [0.2, 0.25) is 0 Å². The maximum Gasteiger partial charge on any atom is 0.285 e. The first-order valence-electron chi connectivity index (χ1n) is 3.61. The molecule has 0 amide bonds. The van der Waals surface area contributed by atoms with Crippen LogP contribution in [0.25, 0.3) is 0 Å². The van der Waals surface area contributed by atoms with Crippen molar-refractivity contribution in [3.8, 4) is 0 Å². The molecule has 1 aromatic rings. The third kappa shape index (κ3) is 1.29. The Morgan fingerprint density at radius 1 is 1.46 bits per heavy atom.